The second-order valence-electron chi connectivity index (χ2n) is 4.20. The average molecular weight is 276 g/mol. The first-order valence-corrected chi connectivity index (χ1v) is 6.68. The van der Waals surface area contributed by atoms with Crippen molar-refractivity contribution in [3.8, 4) is 5.75 Å². The molecule has 0 saturated carbocycles. The normalized spacial score (nSPS) is 10.5. The van der Waals surface area contributed by atoms with Gasteiger partial charge >= 0.3 is 5.97 Å². The van der Waals surface area contributed by atoms with E-state index in [1.165, 1.54) is 6.08 Å². The third kappa shape index (κ3) is 5.69. The van der Waals surface area contributed by atoms with E-state index in [0.29, 0.717) is 31.4 Å². The smallest absolute Gasteiger partial charge is 0.330 e. The van der Waals surface area contributed by atoms with E-state index >= 15 is 0 Å². The molecule has 1 aromatic carbocycles. The predicted molar refractivity (Wildman–Crippen MR) is 76.9 cm³/mol. The largest absolute Gasteiger partial charge is 0.497 e. The zero-order valence-electron chi connectivity index (χ0n) is 11.9. The highest BCUT2D eigenvalue weighted by atomic mass is 16.5. The van der Waals surface area contributed by atoms with E-state index in [4.69, 9.17) is 9.47 Å². The van der Waals surface area contributed by atoms with Gasteiger partial charge in [-0.25, -0.2) is 4.79 Å². The Hall–Kier alpha value is -2.10. The molecule has 0 aliphatic heterocycles. The number of ketones is 1. The summed E-state index contributed by atoms with van der Waals surface area (Å²) in [5.41, 5.74) is 0.681. The number of allylic oxidation sites excluding steroid dienone is 1. The molecule has 0 aliphatic carbocycles. The van der Waals surface area contributed by atoms with E-state index in [1.807, 2.05) is 0 Å². The van der Waals surface area contributed by atoms with E-state index in [1.54, 1.807) is 44.4 Å². The van der Waals surface area contributed by atoms with Crippen LogP contribution in [0.15, 0.2) is 36.4 Å². The van der Waals surface area contributed by atoms with E-state index in [2.05, 4.69) is 0 Å². The molecule has 0 bridgehead atoms. The van der Waals surface area contributed by atoms with Gasteiger partial charge in [0, 0.05) is 18.1 Å². The molecule has 0 saturated heterocycles. The van der Waals surface area contributed by atoms with Crippen LogP contribution < -0.4 is 4.74 Å². The predicted octanol–water partition coefficient (Wildman–Crippen LogP) is 3.17. The standard InChI is InChI=1S/C16H20O4/c1-3-20-16(18)8-6-4-5-7-15(17)13-9-11-14(19-2)12-10-13/h6,8-12H,3-5,7H2,1-2H3/b8-6+. The number of carbonyl (C=O) groups excluding carboxylic acids is 2. The number of benzene rings is 1. The number of carbonyl (C=O) groups is 2. The van der Waals surface area contributed by atoms with Gasteiger partial charge in [-0.2, -0.15) is 0 Å². The summed E-state index contributed by atoms with van der Waals surface area (Å²) in [7, 11) is 1.59. The molecule has 108 valence electrons. The van der Waals surface area contributed by atoms with Crippen molar-refractivity contribution >= 4 is 11.8 Å². The fourth-order valence-corrected chi connectivity index (χ4v) is 1.67. The molecule has 0 fully saturated rings. The average Bonchev–Trinajstić information content (AvgIpc) is 2.47. The molecule has 0 unspecified atom stereocenters. The maximum atomic E-state index is 11.9. The van der Waals surface area contributed by atoms with Gasteiger partial charge < -0.3 is 9.47 Å². The van der Waals surface area contributed by atoms with Crippen LogP contribution in [0.4, 0.5) is 0 Å². The summed E-state index contributed by atoms with van der Waals surface area (Å²) < 4.78 is 9.80. The highest BCUT2D eigenvalue weighted by molar-refractivity contribution is 5.96. The summed E-state index contributed by atoms with van der Waals surface area (Å²) in [6, 6.07) is 7.06. The number of unbranched alkanes of at least 4 members (excludes halogenated alkanes) is 1. The summed E-state index contributed by atoms with van der Waals surface area (Å²) in [4.78, 5) is 22.9. The molecule has 0 amide bonds. The summed E-state index contributed by atoms with van der Waals surface area (Å²) in [6.45, 7) is 2.14. The molecule has 4 nitrogen and oxygen atoms in total. The lowest BCUT2D eigenvalue weighted by atomic mass is 10.1. The number of hydrogen-bond acceptors (Lipinski definition) is 4. The monoisotopic (exact) mass is 276 g/mol. The van der Waals surface area contributed by atoms with Crippen LogP contribution in [0.25, 0.3) is 0 Å². The summed E-state index contributed by atoms with van der Waals surface area (Å²) in [5.74, 6) is 0.491. The van der Waals surface area contributed by atoms with Crippen LogP contribution in [-0.2, 0) is 9.53 Å². The third-order valence-corrected chi connectivity index (χ3v) is 2.73. The van der Waals surface area contributed by atoms with Crippen molar-refractivity contribution in [2.45, 2.75) is 26.2 Å². The third-order valence-electron chi connectivity index (χ3n) is 2.73. The van der Waals surface area contributed by atoms with Crippen molar-refractivity contribution in [2.24, 2.45) is 0 Å². The van der Waals surface area contributed by atoms with Crippen molar-refractivity contribution in [3.05, 3.63) is 42.0 Å². The Morgan fingerprint density at radius 2 is 1.90 bits per heavy atom. The van der Waals surface area contributed by atoms with Gasteiger partial charge in [-0.1, -0.05) is 6.08 Å². The SMILES string of the molecule is CCOC(=O)/C=C/CCCC(=O)c1ccc(OC)cc1. The van der Waals surface area contributed by atoms with E-state index in [9.17, 15) is 9.59 Å². The molecule has 4 heteroatoms. The fourth-order valence-electron chi connectivity index (χ4n) is 1.67. The van der Waals surface area contributed by atoms with Crippen molar-refractivity contribution in [1.29, 1.82) is 0 Å². The van der Waals surface area contributed by atoms with Gasteiger partial charge in [0.2, 0.25) is 0 Å². The Morgan fingerprint density at radius 1 is 1.20 bits per heavy atom. The molecule has 0 aromatic heterocycles. The molecule has 0 N–H and O–H groups in total. The maximum Gasteiger partial charge on any atom is 0.330 e. The highest BCUT2D eigenvalue weighted by Crippen LogP contribution is 2.13. The number of ether oxygens (including phenoxy) is 2. The number of hydrogen-bond donors (Lipinski definition) is 0. The van der Waals surface area contributed by atoms with Crippen LogP contribution in [0.1, 0.15) is 36.5 Å². The zero-order chi connectivity index (χ0) is 14.8. The first-order chi connectivity index (χ1) is 9.67. The second kappa shape index (κ2) is 8.91. The molecule has 0 radical (unpaired) electrons. The van der Waals surface area contributed by atoms with Crippen molar-refractivity contribution in [3.63, 3.8) is 0 Å². The second-order valence-corrected chi connectivity index (χ2v) is 4.20. The van der Waals surface area contributed by atoms with Crippen LogP contribution in [0.3, 0.4) is 0 Å². The van der Waals surface area contributed by atoms with Crippen molar-refractivity contribution in [1.82, 2.24) is 0 Å². The Morgan fingerprint density at radius 3 is 2.50 bits per heavy atom. The Kier molecular flexibility index (Phi) is 7.11. The number of rotatable bonds is 8. The highest BCUT2D eigenvalue weighted by Gasteiger charge is 2.05. The van der Waals surface area contributed by atoms with Crippen LogP contribution in [0, 0.1) is 0 Å². The number of Topliss-reactive ketones (excluding diaryl/α,β-unsaturated/α-hetero) is 1. The van der Waals surface area contributed by atoms with Crippen LogP contribution in [-0.4, -0.2) is 25.5 Å². The topological polar surface area (TPSA) is 52.6 Å². The van der Waals surface area contributed by atoms with Gasteiger partial charge in [0.1, 0.15) is 5.75 Å². The lowest BCUT2D eigenvalue weighted by Gasteiger charge is -2.02. The van der Waals surface area contributed by atoms with Crippen molar-refractivity contribution in [2.75, 3.05) is 13.7 Å². The Labute approximate surface area is 119 Å². The van der Waals surface area contributed by atoms with Crippen LogP contribution in [0.2, 0.25) is 0 Å². The van der Waals surface area contributed by atoms with Crippen LogP contribution >= 0.6 is 0 Å². The van der Waals surface area contributed by atoms with Gasteiger partial charge in [-0.3, -0.25) is 4.79 Å². The molecule has 1 rings (SSSR count). The van der Waals surface area contributed by atoms with Gasteiger partial charge in [0.05, 0.1) is 13.7 Å². The molecular weight excluding hydrogens is 256 g/mol. The first kappa shape index (κ1) is 16.0. The Balaban J connectivity index is 2.30. The molecular formula is C16H20O4. The summed E-state index contributed by atoms with van der Waals surface area (Å²) >= 11 is 0. The molecule has 0 heterocycles. The lowest BCUT2D eigenvalue weighted by molar-refractivity contribution is -0.137. The fraction of sp³-hybridized carbons (Fsp3) is 0.375. The molecule has 0 atom stereocenters. The molecule has 20 heavy (non-hydrogen) atoms. The van der Waals surface area contributed by atoms with Gasteiger partial charge in [0.25, 0.3) is 0 Å². The summed E-state index contributed by atoms with van der Waals surface area (Å²) in [6.07, 6.45) is 4.99. The van der Waals surface area contributed by atoms with E-state index in [0.717, 1.165) is 5.75 Å². The Bertz CT molecular complexity index is 460. The van der Waals surface area contributed by atoms with Gasteiger partial charge in [-0.05, 0) is 44.0 Å². The maximum absolute atomic E-state index is 11.9. The quantitative estimate of drug-likeness (QED) is 0.317. The van der Waals surface area contributed by atoms with Crippen LogP contribution in [0.5, 0.6) is 5.75 Å². The minimum atomic E-state index is -0.339. The molecule has 1 aromatic rings. The number of esters is 1. The first-order valence-electron chi connectivity index (χ1n) is 6.68. The van der Waals surface area contributed by atoms with E-state index < -0.39 is 0 Å². The van der Waals surface area contributed by atoms with Crippen molar-refractivity contribution < 1.29 is 19.1 Å². The lowest BCUT2D eigenvalue weighted by Crippen LogP contribution is -2.00. The zero-order valence-corrected chi connectivity index (χ0v) is 11.9. The van der Waals surface area contributed by atoms with Gasteiger partial charge in [0.15, 0.2) is 5.78 Å². The summed E-state index contributed by atoms with van der Waals surface area (Å²) in [5, 5.41) is 0. The minimum absolute atomic E-state index is 0.0946. The van der Waals surface area contributed by atoms with E-state index in [-0.39, 0.29) is 11.8 Å². The number of methoxy groups -OCH3 is 1. The molecule has 0 aliphatic rings. The molecule has 0 spiro atoms. The minimum Gasteiger partial charge on any atom is -0.497 e. The van der Waals surface area contributed by atoms with Gasteiger partial charge in [-0.15, -0.1) is 0 Å².